The lowest BCUT2D eigenvalue weighted by atomic mass is 10.0. The number of quaternary nitrogens is 1. The molecule has 1 rings (SSSR count). The number of allylic oxidation sites excluding steroid dienone is 7. The zero-order valence-corrected chi connectivity index (χ0v) is 39.4. The third-order valence-electron chi connectivity index (χ3n) is 10.1. The van der Waals surface area contributed by atoms with E-state index in [1.807, 2.05) is 39.4 Å². The van der Waals surface area contributed by atoms with Crippen molar-refractivity contribution >= 4 is 19.8 Å². The van der Waals surface area contributed by atoms with Gasteiger partial charge in [-0.3, -0.25) is 14.2 Å². The predicted octanol–water partition coefficient (Wildman–Crippen LogP) is 10.7. The van der Waals surface area contributed by atoms with E-state index in [1.54, 1.807) is 0 Å². The molecular weight excluding hydrogens is 781 g/mol. The number of carbonyl (C=O) groups excluding carboxylic acids is 2. The maximum Gasteiger partial charge on any atom is 0.306 e. The molecule has 0 radical (unpaired) electrons. The fraction of sp³-hybridized carbons (Fsp3) is 0.708. The standard InChI is InChI=1S/C48H82NO10P/c1-8-10-26-33-45-41(3)42(4)46(59-45)34-28-23-20-21-24-29-35-47(51)55-39-44(40-57-60(53,54)56-38-37-49(5,6)7)58-48(52)36-30-25-19-17-15-13-11-12-14-16-18-22-27-32-43(50)31-9-2/h11,13-14,16-17,19,22,27,43-44,50H,8-10,12,15,18,20-21,23-26,28-40H2,1-7H3/b13-11-,16-14-,19-17-,27-22-/t43?,44-/m1/s1. The Balaban J connectivity index is 2.42. The van der Waals surface area contributed by atoms with Crippen LogP contribution in [0.1, 0.15) is 158 Å². The molecule has 1 N–H and O–H groups in total. The van der Waals surface area contributed by atoms with E-state index in [-0.39, 0.29) is 32.2 Å². The van der Waals surface area contributed by atoms with Gasteiger partial charge in [0.25, 0.3) is 7.82 Å². The minimum Gasteiger partial charge on any atom is -0.756 e. The quantitative estimate of drug-likeness (QED) is 0.0226. The fourth-order valence-corrected chi connectivity index (χ4v) is 6.98. The molecule has 12 heteroatoms. The van der Waals surface area contributed by atoms with Gasteiger partial charge in [-0.15, -0.1) is 0 Å². The number of nitrogens with zero attached hydrogens (tertiary/aromatic N) is 1. The molecule has 0 amide bonds. The zero-order chi connectivity index (χ0) is 44.5. The highest BCUT2D eigenvalue weighted by molar-refractivity contribution is 7.45. The molecular formula is C48H82NO10P. The van der Waals surface area contributed by atoms with E-state index in [9.17, 15) is 24.2 Å². The summed E-state index contributed by atoms with van der Waals surface area (Å²) >= 11 is 0. The Morgan fingerprint density at radius 3 is 1.87 bits per heavy atom. The van der Waals surface area contributed by atoms with Gasteiger partial charge in [0.05, 0.1) is 33.9 Å². The monoisotopic (exact) mass is 864 g/mol. The van der Waals surface area contributed by atoms with Crippen LogP contribution in [0.15, 0.2) is 53.0 Å². The Morgan fingerprint density at radius 2 is 1.27 bits per heavy atom. The summed E-state index contributed by atoms with van der Waals surface area (Å²) in [6.07, 6.45) is 33.3. The molecule has 0 aliphatic carbocycles. The van der Waals surface area contributed by atoms with E-state index in [2.05, 4.69) is 58.1 Å². The van der Waals surface area contributed by atoms with Gasteiger partial charge in [0.15, 0.2) is 6.10 Å². The Bertz CT molecular complexity index is 1460. The van der Waals surface area contributed by atoms with E-state index in [0.29, 0.717) is 36.7 Å². The van der Waals surface area contributed by atoms with Crippen LogP contribution >= 0.6 is 7.82 Å². The maximum absolute atomic E-state index is 12.7. The normalized spacial score (nSPS) is 14.5. The first-order valence-corrected chi connectivity index (χ1v) is 24.2. The molecule has 0 spiro atoms. The number of likely N-dealkylation sites (N-methyl/N-ethyl adjacent to an activating group) is 1. The van der Waals surface area contributed by atoms with Gasteiger partial charge in [0, 0.05) is 25.7 Å². The van der Waals surface area contributed by atoms with Crippen molar-refractivity contribution in [3.05, 3.63) is 71.3 Å². The number of aliphatic hydroxyl groups is 1. The van der Waals surface area contributed by atoms with Gasteiger partial charge >= 0.3 is 11.9 Å². The van der Waals surface area contributed by atoms with Gasteiger partial charge in [0.1, 0.15) is 31.3 Å². The second-order valence-electron chi connectivity index (χ2n) is 16.8. The summed E-state index contributed by atoms with van der Waals surface area (Å²) in [4.78, 5) is 37.7. The molecule has 0 aliphatic heterocycles. The van der Waals surface area contributed by atoms with E-state index >= 15 is 0 Å². The van der Waals surface area contributed by atoms with E-state index in [4.69, 9.17) is 22.9 Å². The number of phosphoric acid groups is 1. The van der Waals surface area contributed by atoms with Crippen molar-refractivity contribution < 1.29 is 51.6 Å². The highest BCUT2D eigenvalue weighted by atomic mass is 31.2. The number of aryl methyl sites for hydroxylation is 2. The lowest BCUT2D eigenvalue weighted by molar-refractivity contribution is -0.870. The molecule has 0 fully saturated rings. The molecule has 11 nitrogen and oxygen atoms in total. The first kappa shape index (κ1) is 55.2. The second kappa shape index (κ2) is 33.8. The number of phosphoric ester groups is 1. The molecule has 0 aromatic carbocycles. The van der Waals surface area contributed by atoms with Crippen molar-refractivity contribution in [1.82, 2.24) is 0 Å². The Labute approximate surface area is 363 Å². The summed E-state index contributed by atoms with van der Waals surface area (Å²) in [6, 6.07) is 0. The zero-order valence-electron chi connectivity index (χ0n) is 38.5. The highest BCUT2D eigenvalue weighted by Gasteiger charge is 2.22. The Hall–Kier alpha value is -2.79. The SMILES string of the molecule is CCCCCc1oc(CCCCCCCCC(=O)OC[C@H](COP(=O)([O-])OCC[N+](C)(C)C)OC(=O)CCC/C=C\C/C=C\C/C=C\C/C=C\CC(O)CCC)c(C)c1C. The summed E-state index contributed by atoms with van der Waals surface area (Å²) in [7, 11) is 1.07. The largest absolute Gasteiger partial charge is 0.756 e. The molecule has 1 aromatic heterocycles. The Morgan fingerprint density at radius 1 is 0.717 bits per heavy atom. The van der Waals surface area contributed by atoms with Crippen LogP contribution in [0, 0.1) is 13.8 Å². The molecule has 3 atom stereocenters. The third-order valence-corrected chi connectivity index (χ3v) is 11.1. The van der Waals surface area contributed by atoms with Crippen LogP contribution in [-0.4, -0.2) is 81.2 Å². The number of aliphatic hydroxyl groups excluding tert-OH is 1. The van der Waals surface area contributed by atoms with E-state index < -0.39 is 32.5 Å². The third kappa shape index (κ3) is 30.3. The first-order valence-electron chi connectivity index (χ1n) is 22.8. The maximum atomic E-state index is 12.7. The number of rotatable bonds is 37. The molecule has 344 valence electrons. The lowest BCUT2D eigenvalue weighted by Crippen LogP contribution is -2.37. The van der Waals surface area contributed by atoms with Gasteiger partial charge in [-0.25, -0.2) is 0 Å². The smallest absolute Gasteiger partial charge is 0.306 e. The van der Waals surface area contributed by atoms with E-state index in [1.165, 1.54) is 30.4 Å². The number of ether oxygens (including phenoxy) is 2. The molecule has 1 heterocycles. The van der Waals surface area contributed by atoms with Crippen molar-refractivity contribution in [3.63, 3.8) is 0 Å². The molecule has 1 aromatic rings. The molecule has 2 unspecified atom stereocenters. The summed E-state index contributed by atoms with van der Waals surface area (Å²) in [5.41, 5.74) is 2.59. The van der Waals surface area contributed by atoms with Crippen molar-refractivity contribution in [2.75, 3.05) is 47.5 Å². The van der Waals surface area contributed by atoms with Crippen molar-refractivity contribution in [1.29, 1.82) is 0 Å². The molecule has 0 aliphatic rings. The number of hydrogen-bond donors (Lipinski definition) is 1. The van der Waals surface area contributed by atoms with Crippen LogP contribution in [0.4, 0.5) is 0 Å². The minimum absolute atomic E-state index is 0.0579. The average Bonchev–Trinajstić information content (AvgIpc) is 3.45. The average molecular weight is 864 g/mol. The van der Waals surface area contributed by atoms with Crippen molar-refractivity contribution in [3.8, 4) is 0 Å². The van der Waals surface area contributed by atoms with Gasteiger partial charge in [-0.1, -0.05) is 107 Å². The predicted molar refractivity (Wildman–Crippen MR) is 240 cm³/mol. The molecule has 0 saturated carbocycles. The van der Waals surface area contributed by atoms with Crippen LogP contribution in [0.3, 0.4) is 0 Å². The highest BCUT2D eigenvalue weighted by Crippen LogP contribution is 2.38. The van der Waals surface area contributed by atoms with Gasteiger partial charge in [0.2, 0.25) is 0 Å². The van der Waals surface area contributed by atoms with Crippen LogP contribution in [0.2, 0.25) is 0 Å². The van der Waals surface area contributed by atoms with Crippen LogP contribution in [-0.2, 0) is 45.5 Å². The van der Waals surface area contributed by atoms with E-state index in [0.717, 1.165) is 88.6 Å². The molecule has 0 saturated heterocycles. The Kier molecular flexibility index (Phi) is 31.1. The summed E-state index contributed by atoms with van der Waals surface area (Å²) in [6.45, 7) is 8.18. The van der Waals surface area contributed by atoms with Crippen LogP contribution < -0.4 is 4.89 Å². The topological polar surface area (TPSA) is 145 Å². The summed E-state index contributed by atoms with van der Waals surface area (Å²) in [5, 5.41) is 9.75. The minimum atomic E-state index is -4.67. The summed E-state index contributed by atoms with van der Waals surface area (Å²) in [5.74, 6) is 1.31. The molecule has 60 heavy (non-hydrogen) atoms. The molecule has 0 bridgehead atoms. The first-order chi connectivity index (χ1) is 28.7. The van der Waals surface area contributed by atoms with Crippen molar-refractivity contribution in [2.24, 2.45) is 0 Å². The summed E-state index contributed by atoms with van der Waals surface area (Å²) < 4.78 is 40.1. The van der Waals surface area contributed by atoms with Crippen molar-refractivity contribution in [2.45, 2.75) is 175 Å². The van der Waals surface area contributed by atoms with Crippen LogP contribution in [0.25, 0.3) is 0 Å². The number of unbranched alkanes of at least 4 members (excludes halogenated alkanes) is 8. The number of furan rings is 1. The number of hydrogen-bond acceptors (Lipinski definition) is 10. The van der Waals surface area contributed by atoms with Gasteiger partial charge in [-0.2, -0.15) is 0 Å². The number of carbonyl (C=O) groups is 2. The second-order valence-corrected chi connectivity index (χ2v) is 18.2. The lowest BCUT2D eigenvalue weighted by Gasteiger charge is -2.28. The number of esters is 2. The van der Waals surface area contributed by atoms with Crippen LogP contribution in [0.5, 0.6) is 0 Å². The van der Waals surface area contributed by atoms with Gasteiger partial charge < -0.3 is 37.4 Å². The fourth-order valence-electron chi connectivity index (χ4n) is 6.25. The van der Waals surface area contributed by atoms with Gasteiger partial charge in [-0.05, 0) is 89.2 Å².